The summed E-state index contributed by atoms with van der Waals surface area (Å²) in [7, 11) is 0. The first-order valence-corrected chi connectivity index (χ1v) is 3.97. The van der Waals surface area contributed by atoms with Gasteiger partial charge in [-0.25, -0.2) is 0 Å². The van der Waals surface area contributed by atoms with Crippen LogP contribution in [0.25, 0.3) is 0 Å². The van der Waals surface area contributed by atoms with E-state index in [9.17, 15) is 0 Å². The van der Waals surface area contributed by atoms with Gasteiger partial charge >= 0.3 is 0 Å². The summed E-state index contributed by atoms with van der Waals surface area (Å²) in [4.78, 5) is 3.65. The van der Waals surface area contributed by atoms with Crippen LogP contribution < -0.4 is 0 Å². The van der Waals surface area contributed by atoms with Gasteiger partial charge < -0.3 is 0 Å². The third-order valence-corrected chi connectivity index (χ3v) is 2.17. The lowest BCUT2D eigenvalue weighted by atomic mass is 10.0. The summed E-state index contributed by atoms with van der Waals surface area (Å²) in [6.07, 6.45) is 2.40. The zero-order valence-electron chi connectivity index (χ0n) is 7.30. The Balaban J connectivity index is 2.85. The highest BCUT2D eigenvalue weighted by molar-refractivity contribution is 5.44. The van der Waals surface area contributed by atoms with E-state index in [0.717, 1.165) is 11.1 Å². The Morgan fingerprint density at radius 2 is 2.17 bits per heavy atom. The molecular weight excluding hydrogens is 148 g/mol. The van der Waals surface area contributed by atoms with Gasteiger partial charge in [-0.15, -0.1) is 0 Å². The molecular formula is C10H12N2. The Morgan fingerprint density at radius 3 is 2.50 bits per heavy atom. The lowest BCUT2D eigenvalue weighted by Crippen LogP contribution is -1.89. The van der Waals surface area contributed by atoms with E-state index < -0.39 is 0 Å². The summed E-state index contributed by atoms with van der Waals surface area (Å²) in [5.74, 6) is 0.593. The SMILES string of the molecule is C=N/C(C#N)=C(\C)C(=C)C1CC1. The summed E-state index contributed by atoms with van der Waals surface area (Å²) in [6.45, 7) is 9.16. The van der Waals surface area contributed by atoms with Crippen molar-refractivity contribution >= 4 is 6.72 Å². The van der Waals surface area contributed by atoms with E-state index in [2.05, 4.69) is 18.3 Å². The summed E-state index contributed by atoms with van der Waals surface area (Å²) >= 11 is 0. The molecule has 2 nitrogen and oxygen atoms in total. The standard InChI is InChI=1S/C10H12N2/c1-7(9-4-5-9)8(2)10(6-11)12-3/h9H,1,3-5H2,2H3/b10-8+. The van der Waals surface area contributed by atoms with Crippen LogP contribution in [0.2, 0.25) is 0 Å². The molecule has 1 rings (SSSR count). The minimum Gasteiger partial charge on any atom is -0.253 e. The van der Waals surface area contributed by atoms with Crippen LogP contribution in [0, 0.1) is 17.2 Å². The number of nitrogens with zero attached hydrogens (tertiary/aromatic N) is 2. The maximum atomic E-state index is 8.66. The van der Waals surface area contributed by atoms with E-state index in [1.807, 2.05) is 13.0 Å². The maximum Gasteiger partial charge on any atom is 0.142 e. The molecule has 0 spiro atoms. The van der Waals surface area contributed by atoms with Crippen LogP contribution in [0.1, 0.15) is 19.8 Å². The number of rotatable bonds is 3. The van der Waals surface area contributed by atoms with Gasteiger partial charge in [-0.05, 0) is 43.5 Å². The molecule has 0 amide bonds. The van der Waals surface area contributed by atoms with Gasteiger partial charge in [0, 0.05) is 0 Å². The molecule has 0 aromatic heterocycles. The van der Waals surface area contributed by atoms with E-state index in [0.29, 0.717) is 11.6 Å². The molecule has 2 heteroatoms. The number of hydrogen-bond acceptors (Lipinski definition) is 2. The van der Waals surface area contributed by atoms with E-state index in [-0.39, 0.29) is 0 Å². The predicted octanol–water partition coefficient (Wildman–Crippen LogP) is 2.45. The average molecular weight is 160 g/mol. The third-order valence-electron chi connectivity index (χ3n) is 2.17. The van der Waals surface area contributed by atoms with Crippen molar-refractivity contribution in [1.29, 1.82) is 5.26 Å². The number of allylic oxidation sites excluding steroid dienone is 3. The molecule has 0 heterocycles. The van der Waals surface area contributed by atoms with Crippen molar-refractivity contribution in [1.82, 2.24) is 0 Å². The molecule has 0 aromatic carbocycles. The molecule has 1 saturated carbocycles. The topological polar surface area (TPSA) is 36.1 Å². The minimum atomic E-state index is 0.409. The zero-order chi connectivity index (χ0) is 9.14. The summed E-state index contributed by atoms with van der Waals surface area (Å²) in [5.41, 5.74) is 2.36. The van der Waals surface area contributed by atoms with Crippen molar-refractivity contribution in [3.05, 3.63) is 23.4 Å². The van der Waals surface area contributed by atoms with E-state index in [1.165, 1.54) is 12.8 Å². The minimum absolute atomic E-state index is 0.409. The van der Waals surface area contributed by atoms with Crippen LogP contribution in [0.4, 0.5) is 0 Å². The van der Waals surface area contributed by atoms with Crippen molar-refractivity contribution in [2.75, 3.05) is 0 Å². The highest BCUT2D eigenvalue weighted by Crippen LogP contribution is 2.39. The molecule has 12 heavy (non-hydrogen) atoms. The Kier molecular flexibility index (Phi) is 2.44. The lowest BCUT2D eigenvalue weighted by Gasteiger charge is -2.03. The fourth-order valence-corrected chi connectivity index (χ4v) is 1.13. The fourth-order valence-electron chi connectivity index (χ4n) is 1.13. The fraction of sp³-hybridized carbons (Fsp3) is 0.400. The van der Waals surface area contributed by atoms with Crippen LogP contribution in [0.3, 0.4) is 0 Å². The molecule has 0 aliphatic heterocycles. The highest BCUT2D eigenvalue weighted by atomic mass is 14.7. The highest BCUT2D eigenvalue weighted by Gasteiger charge is 2.26. The van der Waals surface area contributed by atoms with Crippen LogP contribution in [-0.4, -0.2) is 6.72 Å². The average Bonchev–Trinajstić information content (AvgIpc) is 2.87. The molecule has 0 radical (unpaired) electrons. The van der Waals surface area contributed by atoms with Crippen molar-refractivity contribution in [3.8, 4) is 6.07 Å². The zero-order valence-corrected chi connectivity index (χ0v) is 7.30. The van der Waals surface area contributed by atoms with Crippen molar-refractivity contribution in [3.63, 3.8) is 0 Å². The van der Waals surface area contributed by atoms with Crippen LogP contribution >= 0.6 is 0 Å². The molecule has 1 aliphatic rings. The second-order valence-electron chi connectivity index (χ2n) is 3.04. The van der Waals surface area contributed by atoms with Gasteiger partial charge in [0.15, 0.2) is 0 Å². The summed E-state index contributed by atoms with van der Waals surface area (Å²) < 4.78 is 0. The first kappa shape index (κ1) is 8.73. The van der Waals surface area contributed by atoms with Crippen molar-refractivity contribution in [2.24, 2.45) is 10.9 Å². The smallest absolute Gasteiger partial charge is 0.142 e. The Bertz CT molecular complexity index is 287. The van der Waals surface area contributed by atoms with Crippen LogP contribution in [-0.2, 0) is 0 Å². The second kappa shape index (κ2) is 3.36. The Labute approximate surface area is 72.9 Å². The summed E-state index contributed by atoms with van der Waals surface area (Å²) in [6, 6.07) is 2.00. The van der Waals surface area contributed by atoms with Crippen LogP contribution in [0.5, 0.6) is 0 Å². The Morgan fingerprint density at radius 1 is 1.58 bits per heavy atom. The molecule has 0 atom stereocenters. The first-order chi connectivity index (χ1) is 5.70. The number of hydrogen-bond donors (Lipinski definition) is 0. The van der Waals surface area contributed by atoms with Gasteiger partial charge in [-0.3, -0.25) is 4.99 Å². The van der Waals surface area contributed by atoms with Gasteiger partial charge in [0.25, 0.3) is 0 Å². The normalized spacial score (nSPS) is 17.7. The molecule has 62 valence electrons. The summed E-state index contributed by atoms with van der Waals surface area (Å²) in [5, 5.41) is 8.66. The molecule has 1 aliphatic carbocycles. The van der Waals surface area contributed by atoms with Crippen LogP contribution in [0.15, 0.2) is 28.4 Å². The molecule has 0 saturated heterocycles. The lowest BCUT2D eigenvalue weighted by molar-refractivity contribution is 1.01. The number of aliphatic imine (C=N–C) groups is 1. The number of nitriles is 1. The van der Waals surface area contributed by atoms with Gasteiger partial charge in [-0.1, -0.05) is 6.58 Å². The molecule has 1 fully saturated rings. The molecule has 0 bridgehead atoms. The molecule has 0 unspecified atom stereocenters. The first-order valence-electron chi connectivity index (χ1n) is 3.97. The van der Waals surface area contributed by atoms with Crippen molar-refractivity contribution < 1.29 is 0 Å². The Hall–Kier alpha value is -1.36. The monoisotopic (exact) mass is 160 g/mol. The maximum absolute atomic E-state index is 8.66. The van der Waals surface area contributed by atoms with Gasteiger partial charge in [-0.2, -0.15) is 5.26 Å². The van der Waals surface area contributed by atoms with Gasteiger partial charge in [0.2, 0.25) is 0 Å². The third kappa shape index (κ3) is 1.62. The van der Waals surface area contributed by atoms with Crippen molar-refractivity contribution in [2.45, 2.75) is 19.8 Å². The largest absolute Gasteiger partial charge is 0.253 e. The molecule has 0 N–H and O–H groups in total. The van der Waals surface area contributed by atoms with E-state index in [4.69, 9.17) is 5.26 Å². The molecule has 0 aromatic rings. The van der Waals surface area contributed by atoms with Gasteiger partial charge in [0.05, 0.1) is 0 Å². The second-order valence-corrected chi connectivity index (χ2v) is 3.04. The van der Waals surface area contributed by atoms with Gasteiger partial charge in [0.1, 0.15) is 11.8 Å². The van der Waals surface area contributed by atoms with E-state index >= 15 is 0 Å². The quantitative estimate of drug-likeness (QED) is 0.355. The predicted molar refractivity (Wildman–Crippen MR) is 49.7 cm³/mol. The van der Waals surface area contributed by atoms with E-state index in [1.54, 1.807) is 0 Å².